The quantitative estimate of drug-likeness (QED) is 0.771. The standard InChI is InChI=1S/C19H19FN4O/c1-24(2)10-11-4-3-5-12(6-11)15-9-21-16-8-13(20)7-14-17(16)18(15)22-23-19(14)25/h3-8,15,21H,9-10H2,1-2H3,(H,23,25). The highest BCUT2D eigenvalue weighted by molar-refractivity contribution is 5.97. The summed E-state index contributed by atoms with van der Waals surface area (Å²) in [5.41, 5.74) is 3.38. The average Bonchev–Trinajstić information content (AvgIpc) is 2.57. The number of benzene rings is 2. The fraction of sp³-hybridized carbons (Fsp3) is 0.263. The third-order valence-electron chi connectivity index (χ3n) is 4.56. The monoisotopic (exact) mass is 338 g/mol. The summed E-state index contributed by atoms with van der Waals surface area (Å²) in [6.07, 6.45) is 0. The first-order chi connectivity index (χ1) is 12.0. The zero-order valence-electron chi connectivity index (χ0n) is 14.1. The first kappa shape index (κ1) is 15.8. The lowest BCUT2D eigenvalue weighted by Crippen LogP contribution is -2.24. The molecule has 128 valence electrons. The predicted octanol–water partition coefficient (Wildman–Crippen LogP) is 2.68. The van der Waals surface area contributed by atoms with Gasteiger partial charge in [0.25, 0.3) is 5.56 Å². The Bertz CT molecular complexity index is 1010. The second-order valence-electron chi connectivity index (χ2n) is 6.73. The van der Waals surface area contributed by atoms with Gasteiger partial charge in [-0.3, -0.25) is 4.79 Å². The molecule has 2 heterocycles. The Labute approximate surface area is 144 Å². The van der Waals surface area contributed by atoms with Gasteiger partial charge in [0.05, 0.1) is 11.1 Å². The van der Waals surface area contributed by atoms with E-state index in [-0.39, 0.29) is 11.5 Å². The van der Waals surface area contributed by atoms with Crippen LogP contribution in [0.2, 0.25) is 0 Å². The van der Waals surface area contributed by atoms with Gasteiger partial charge in [-0.05, 0) is 37.4 Å². The van der Waals surface area contributed by atoms with E-state index < -0.39 is 5.82 Å². The maximum atomic E-state index is 13.8. The van der Waals surface area contributed by atoms with Gasteiger partial charge in [0, 0.05) is 30.1 Å². The number of hydrogen-bond donors (Lipinski definition) is 2. The highest BCUT2D eigenvalue weighted by Crippen LogP contribution is 2.37. The summed E-state index contributed by atoms with van der Waals surface area (Å²) >= 11 is 0. The van der Waals surface area contributed by atoms with Crippen molar-refractivity contribution in [2.75, 3.05) is 26.0 Å². The van der Waals surface area contributed by atoms with E-state index in [2.05, 4.69) is 38.6 Å². The SMILES string of the molecule is CN(C)Cc1cccc(C2CNc3cc(F)cc4c(=O)[nH]nc2c34)c1. The number of nitrogens with zero attached hydrogens (tertiary/aromatic N) is 2. The van der Waals surface area contributed by atoms with Crippen LogP contribution in [0.5, 0.6) is 0 Å². The molecule has 0 spiro atoms. The third-order valence-corrected chi connectivity index (χ3v) is 4.56. The van der Waals surface area contributed by atoms with Crippen LogP contribution >= 0.6 is 0 Å². The smallest absolute Gasteiger partial charge is 0.272 e. The summed E-state index contributed by atoms with van der Waals surface area (Å²) in [5, 5.41) is 11.1. The third kappa shape index (κ3) is 2.78. The van der Waals surface area contributed by atoms with Crippen LogP contribution < -0.4 is 10.9 Å². The summed E-state index contributed by atoms with van der Waals surface area (Å²) in [6.45, 7) is 1.46. The van der Waals surface area contributed by atoms with E-state index in [9.17, 15) is 9.18 Å². The van der Waals surface area contributed by atoms with Crippen molar-refractivity contribution in [3.8, 4) is 0 Å². The number of aromatic nitrogens is 2. The van der Waals surface area contributed by atoms with Crippen molar-refractivity contribution in [1.29, 1.82) is 0 Å². The number of halogens is 1. The van der Waals surface area contributed by atoms with Gasteiger partial charge in [0.2, 0.25) is 0 Å². The van der Waals surface area contributed by atoms with Gasteiger partial charge in [-0.1, -0.05) is 24.3 Å². The van der Waals surface area contributed by atoms with Gasteiger partial charge in [-0.15, -0.1) is 0 Å². The second-order valence-corrected chi connectivity index (χ2v) is 6.73. The van der Waals surface area contributed by atoms with Crippen molar-refractivity contribution in [1.82, 2.24) is 15.1 Å². The van der Waals surface area contributed by atoms with E-state index in [0.29, 0.717) is 23.0 Å². The Morgan fingerprint density at radius 3 is 2.92 bits per heavy atom. The highest BCUT2D eigenvalue weighted by atomic mass is 19.1. The molecule has 6 heteroatoms. The number of aromatic amines is 1. The Hall–Kier alpha value is -2.73. The number of rotatable bonds is 3. The molecular formula is C19H19FN4O. The van der Waals surface area contributed by atoms with Crippen molar-refractivity contribution >= 4 is 16.5 Å². The van der Waals surface area contributed by atoms with Crippen molar-refractivity contribution < 1.29 is 4.39 Å². The average molecular weight is 338 g/mol. The lowest BCUT2D eigenvalue weighted by molar-refractivity contribution is 0.402. The first-order valence-electron chi connectivity index (χ1n) is 8.22. The predicted molar refractivity (Wildman–Crippen MR) is 96.5 cm³/mol. The summed E-state index contributed by atoms with van der Waals surface area (Å²) in [7, 11) is 4.07. The van der Waals surface area contributed by atoms with E-state index >= 15 is 0 Å². The fourth-order valence-corrected chi connectivity index (χ4v) is 3.54. The van der Waals surface area contributed by atoms with Gasteiger partial charge >= 0.3 is 0 Å². The molecule has 1 unspecified atom stereocenters. The van der Waals surface area contributed by atoms with Gasteiger partial charge in [-0.2, -0.15) is 5.10 Å². The lowest BCUT2D eigenvalue weighted by atomic mass is 9.88. The van der Waals surface area contributed by atoms with Crippen molar-refractivity contribution in [2.45, 2.75) is 12.5 Å². The molecule has 1 atom stereocenters. The van der Waals surface area contributed by atoms with E-state index in [0.717, 1.165) is 17.8 Å². The minimum absolute atomic E-state index is 0.000534. The maximum absolute atomic E-state index is 13.8. The van der Waals surface area contributed by atoms with Gasteiger partial charge in [-0.25, -0.2) is 9.49 Å². The first-order valence-corrected chi connectivity index (χ1v) is 8.22. The molecule has 2 N–H and O–H groups in total. The van der Waals surface area contributed by atoms with Crippen molar-refractivity contribution in [3.05, 3.63) is 69.4 Å². The normalized spacial score (nSPS) is 16.2. The zero-order valence-corrected chi connectivity index (χ0v) is 14.1. The van der Waals surface area contributed by atoms with Crippen molar-refractivity contribution in [2.24, 2.45) is 0 Å². The molecule has 0 saturated heterocycles. The van der Waals surface area contributed by atoms with Gasteiger partial charge < -0.3 is 10.2 Å². The molecule has 3 aromatic rings. The molecule has 25 heavy (non-hydrogen) atoms. The largest absolute Gasteiger partial charge is 0.383 e. The zero-order chi connectivity index (χ0) is 17.6. The molecule has 0 fully saturated rings. The van der Waals surface area contributed by atoms with E-state index in [1.165, 1.54) is 17.7 Å². The Morgan fingerprint density at radius 2 is 2.12 bits per heavy atom. The number of anilines is 1. The summed E-state index contributed by atoms with van der Waals surface area (Å²) in [6, 6.07) is 11.1. The molecule has 0 radical (unpaired) electrons. The summed E-state index contributed by atoms with van der Waals surface area (Å²) in [5.74, 6) is -0.427. The molecule has 1 aliphatic heterocycles. The van der Waals surface area contributed by atoms with Crippen LogP contribution in [0.15, 0.2) is 41.2 Å². The number of nitrogens with one attached hydrogen (secondary N) is 2. The van der Waals surface area contributed by atoms with E-state index in [1.54, 1.807) is 0 Å². The minimum Gasteiger partial charge on any atom is -0.383 e. The molecule has 4 rings (SSSR count). The van der Waals surface area contributed by atoms with Crippen LogP contribution in [-0.4, -0.2) is 35.7 Å². The van der Waals surface area contributed by atoms with Gasteiger partial charge in [0.1, 0.15) is 5.82 Å². The highest BCUT2D eigenvalue weighted by Gasteiger charge is 2.26. The molecular weight excluding hydrogens is 319 g/mol. The fourth-order valence-electron chi connectivity index (χ4n) is 3.54. The van der Waals surface area contributed by atoms with Gasteiger partial charge in [0.15, 0.2) is 0 Å². The van der Waals surface area contributed by atoms with Crippen LogP contribution in [-0.2, 0) is 6.54 Å². The van der Waals surface area contributed by atoms with Crippen LogP contribution in [0.1, 0.15) is 22.7 Å². The van der Waals surface area contributed by atoms with Crippen molar-refractivity contribution in [3.63, 3.8) is 0 Å². The molecule has 1 aromatic heterocycles. The number of hydrogen-bond acceptors (Lipinski definition) is 4. The van der Waals surface area contributed by atoms with E-state index in [1.807, 2.05) is 20.2 Å². The van der Waals surface area contributed by atoms with Crippen LogP contribution in [0.3, 0.4) is 0 Å². The van der Waals surface area contributed by atoms with Crippen LogP contribution in [0, 0.1) is 5.82 Å². The molecule has 0 saturated carbocycles. The number of H-pyrrole nitrogens is 1. The summed E-state index contributed by atoms with van der Waals surface area (Å²) in [4.78, 5) is 14.2. The Balaban J connectivity index is 1.87. The van der Waals surface area contributed by atoms with E-state index in [4.69, 9.17) is 0 Å². The second kappa shape index (κ2) is 5.97. The Kier molecular flexibility index (Phi) is 3.77. The topological polar surface area (TPSA) is 61.0 Å². The van der Waals surface area contributed by atoms with Crippen LogP contribution in [0.25, 0.3) is 10.8 Å². The Morgan fingerprint density at radius 1 is 1.28 bits per heavy atom. The molecule has 0 bridgehead atoms. The maximum Gasteiger partial charge on any atom is 0.272 e. The van der Waals surface area contributed by atoms with Crippen LogP contribution in [0.4, 0.5) is 10.1 Å². The molecule has 0 aliphatic carbocycles. The molecule has 0 amide bonds. The molecule has 5 nitrogen and oxygen atoms in total. The minimum atomic E-state index is -0.427. The molecule has 2 aromatic carbocycles. The molecule has 1 aliphatic rings. The lowest BCUT2D eigenvalue weighted by Gasteiger charge is -2.26. The summed E-state index contributed by atoms with van der Waals surface area (Å²) < 4.78 is 13.8.